The predicted molar refractivity (Wildman–Crippen MR) is 83.5 cm³/mol. The van der Waals surface area contributed by atoms with Gasteiger partial charge in [0, 0.05) is 19.7 Å². The predicted octanol–water partition coefficient (Wildman–Crippen LogP) is 1.82. The third-order valence-electron chi connectivity index (χ3n) is 3.29. The number of phenolic OH excluding ortho intramolecular Hbond substituents is 1. The van der Waals surface area contributed by atoms with Gasteiger partial charge in [0.15, 0.2) is 0 Å². The van der Waals surface area contributed by atoms with Crippen molar-refractivity contribution in [3.63, 3.8) is 0 Å². The van der Waals surface area contributed by atoms with Crippen LogP contribution in [0.5, 0.6) is 5.75 Å². The number of nitrogens with two attached hydrogens (primary N) is 1. The molecule has 0 aromatic heterocycles. The summed E-state index contributed by atoms with van der Waals surface area (Å²) < 4.78 is 26.1. The van der Waals surface area contributed by atoms with Crippen LogP contribution in [0.15, 0.2) is 48.5 Å². The Morgan fingerprint density at radius 2 is 1.76 bits per heavy atom. The monoisotopic (exact) mass is 306 g/mol. The van der Waals surface area contributed by atoms with Crippen molar-refractivity contribution in [2.75, 3.05) is 11.4 Å². The van der Waals surface area contributed by atoms with Gasteiger partial charge in [-0.3, -0.25) is 4.31 Å². The smallest absolute Gasteiger partial charge is 0.239 e. The Balaban J connectivity index is 2.30. The summed E-state index contributed by atoms with van der Waals surface area (Å²) in [5.74, 6) is -0.107. The normalized spacial score (nSPS) is 11.3. The fourth-order valence-corrected chi connectivity index (χ4v) is 3.34. The quantitative estimate of drug-likeness (QED) is 0.882. The zero-order valence-electron chi connectivity index (χ0n) is 11.7. The van der Waals surface area contributed by atoms with Crippen LogP contribution in [0.3, 0.4) is 0 Å². The maximum atomic E-state index is 12.5. The van der Waals surface area contributed by atoms with E-state index in [9.17, 15) is 13.5 Å². The molecule has 0 fully saturated rings. The van der Waals surface area contributed by atoms with E-state index in [-0.39, 0.29) is 11.5 Å². The minimum Gasteiger partial charge on any atom is -0.508 e. The summed E-state index contributed by atoms with van der Waals surface area (Å²) in [7, 11) is -2.08. The van der Waals surface area contributed by atoms with Crippen molar-refractivity contribution in [1.82, 2.24) is 0 Å². The van der Waals surface area contributed by atoms with Crippen LogP contribution in [-0.2, 0) is 22.3 Å². The number of hydrogen-bond donors (Lipinski definition) is 2. The second kappa shape index (κ2) is 6.15. The van der Waals surface area contributed by atoms with Gasteiger partial charge in [-0.25, -0.2) is 8.42 Å². The fraction of sp³-hybridized carbons (Fsp3) is 0.200. The summed E-state index contributed by atoms with van der Waals surface area (Å²) >= 11 is 0. The van der Waals surface area contributed by atoms with Gasteiger partial charge >= 0.3 is 0 Å². The van der Waals surface area contributed by atoms with Crippen LogP contribution < -0.4 is 10.0 Å². The molecule has 0 radical (unpaired) electrons. The van der Waals surface area contributed by atoms with Crippen LogP contribution in [0.4, 0.5) is 5.69 Å². The van der Waals surface area contributed by atoms with Crippen LogP contribution in [0, 0.1) is 0 Å². The van der Waals surface area contributed by atoms with Crippen molar-refractivity contribution in [3.05, 3.63) is 59.7 Å². The highest BCUT2D eigenvalue weighted by atomic mass is 32.2. The highest BCUT2D eigenvalue weighted by molar-refractivity contribution is 7.92. The van der Waals surface area contributed by atoms with Gasteiger partial charge < -0.3 is 10.8 Å². The highest BCUT2D eigenvalue weighted by Gasteiger charge is 2.20. The molecule has 0 atom stereocenters. The first-order valence-electron chi connectivity index (χ1n) is 6.46. The molecule has 2 aromatic carbocycles. The van der Waals surface area contributed by atoms with Crippen LogP contribution >= 0.6 is 0 Å². The molecular weight excluding hydrogens is 288 g/mol. The topological polar surface area (TPSA) is 83.6 Å². The molecule has 3 N–H and O–H groups in total. The van der Waals surface area contributed by atoms with Crippen molar-refractivity contribution < 1.29 is 13.5 Å². The lowest BCUT2D eigenvalue weighted by Gasteiger charge is -2.20. The van der Waals surface area contributed by atoms with Crippen molar-refractivity contribution in [3.8, 4) is 5.75 Å². The molecule has 2 aromatic rings. The average molecular weight is 306 g/mol. The van der Waals surface area contributed by atoms with Crippen molar-refractivity contribution in [2.45, 2.75) is 12.3 Å². The van der Waals surface area contributed by atoms with Crippen LogP contribution in [0.25, 0.3) is 0 Å². The van der Waals surface area contributed by atoms with Gasteiger partial charge in [-0.15, -0.1) is 0 Å². The first kappa shape index (κ1) is 15.3. The Morgan fingerprint density at radius 1 is 1.10 bits per heavy atom. The molecule has 0 bridgehead atoms. The number of sulfonamides is 1. The third-order valence-corrected chi connectivity index (χ3v) is 5.01. The van der Waals surface area contributed by atoms with Gasteiger partial charge in [-0.1, -0.05) is 30.3 Å². The van der Waals surface area contributed by atoms with Crippen molar-refractivity contribution in [1.29, 1.82) is 0 Å². The molecule has 0 aliphatic heterocycles. The van der Waals surface area contributed by atoms with Gasteiger partial charge in [0.2, 0.25) is 10.0 Å². The Bertz CT molecular complexity index is 729. The van der Waals surface area contributed by atoms with Crippen molar-refractivity contribution in [2.24, 2.45) is 5.73 Å². The minimum absolute atomic E-state index is 0.0249. The Morgan fingerprint density at radius 3 is 2.38 bits per heavy atom. The number of phenols is 1. The molecular formula is C15H18N2O3S. The number of nitrogens with zero attached hydrogens (tertiary/aromatic N) is 1. The Hall–Kier alpha value is -2.05. The SMILES string of the molecule is CN(c1cccc(O)c1)S(=O)(=O)Cc1ccccc1CN. The van der Waals surface area contributed by atoms with E-state index in [1.807, 2.05) is 12.1 Å². The first-order chi connectivity index (χ1) is 9.94. The lowest BCUT2D eigenvalue weighted by Crippen LogP contribution is -2.28. The van der Waals surface area contributed by atoms with E-state index in [2.05, 4.69) is 0 Å². The summed E-state index contributed by atoms with van der Waals surface area (Å²) in [5, 5.41) is 9.46. The molecule has 0 heterocycles. The van der Waals surface area contributed by atoms with Gasteiger partial charge in [0.1, 0.15) is 5.75 Å². The van der Waals surface area contributed by atoms with Crippen LogP contribution in [-0.4, -0.2) is 20.6 Å². The lowest BCUT2D eigenvalue weighted by atomic mass is 10.1. The lowest BCUT2D eigenvalue weighted by molar-refractivity contribution is 0.475. The Labute approximate surface area is 124 Å². The highest BCUT2D eigenvalue weighted by Crippen LogP contribution is 2.23. The standard InChI is InChI=1S/C15H18N2O3S/c1-17(14-7-4-8-15(18)9-14)21(19,20)11-13-6-3-2-5-12(13)10-16/h2-9,18H,10-11,16H2,1H3. The molecule has 0 aliphatic rings. The maximum absolute atomic E-state index is 12.5. The average Bonchev–Trinajstić information content (AvgIpc) is 2.46. The molecule has 2 rings (SSSR count). The molecule has 0 saturated heterocycles. The molecule has 112 valence electrons. The Kier molecular flexibility index (Phi) is 4.50. The fourth-order valence-electron chi connectivity index (χ4n) is 2.04. The molecule has 0 spiro atoms. The summed E-state index contributed by atoms with van der Waals surface area (Å²) in [6.07, 6.45) is 0. The second-order valence-electron chi connectivity index (χ2n) is 4.72. The van der Waals surface area contributed by atoms with E-state index >= 15 is 0 Å². The third kappa shape index (κ3) is 3.53. The zero-order valence-corrected chi connectivity index (χ0v) is 12.5. The number of rotatable bonds is 5. The zero-order chi connectivity index (χ0) is 15.5. The van der Waals surface area contributed by atoms with Crippen LogP contribution in [0.1, 0.15) is 11.1 Å². The molecule has 21 heavy (non-hydrogen) atoms. The molecule has 0 aliphatic carbocycles. The largest absolute Gasteiger partial charge is 0.508 e. The second-order valence-corrected chi connectivity index (χ2v) is 6.72. The van der Waals surface area contributed by atoms with E-state index in [1.54, 1.807) is 24.3 Å². The summed E-state index contributed by atoms with van der Waals surface area (Å²) in [4.78, 5) is 0. The number of benzene rings is 2. The van der Waals surface area contributed by atoms with Crippen LogP contribution in [0.2, 0.25) is 0 Å². The molecule has 0 amide bonds. The molecule has 5 nitrogen and oxygen atoms in total. The van der Waals surface area contributed by atoms with Crippen molar-refractivity contribution >= 4 is 15.7 Å². The number of aromatic hydroxyl groups is 1. The molecule has 6 heteroatoms. The first-order valence-corrected chi connectivity index (χ1v) is 8.07. The number of anilines is 1. The molecule has 0 unspecified atom stereocenters. The molecule has 0 saturated carbocycles. The van der Waals surface area contributed by atoms with Gasteiger partial charge in [-0.05, 0) is 23.3 Å². The van der Waals surface area contributed by atoms with E-state index in [0.717, 1.165) is 5.56 Å². The summed E-state index contributed by atoms with van der Waals surface area (Å²) in [5.41, 5.74) is 7.55. The van der Waals surface area contributed by atoms with E-state index in [4.69, 9.17) is 5.73 Å². The van der Waals surface area contributed by atoms with E-state index in [0.29, 0.717) is 17.8 Å². The van der Waals surface area contributed by atoms with Gasteiger partial charge in [0.05, 0.1) is 11.4 Å². The number of hydrogen-bond acceptors (Lipinski definition) is 4. The van der Waals surface area contributed by atoms with Gasteiger partial charge in [0.25, 0.3) is 0 Å². The van der Waals surface area contributed by atoms with E-state index in [1.165, 1.54) is 23.5 Å². The maximum Gasteiger partial charge on any atom is 0.239 e. The summed E-state index contributed by atoms with van der Waals surface area (Å²) in [6.45, 7) is 0.293. The summed E-state index contributed by atoms with van der Waals surface area (Å²) in [6, 6.07) is 13.3. The minimum atomic E-state index is -3.55. The van der Waals surface area contributed by atoms with E-state index < -0.39 is 10.0 Å². The van der Waals surface area contributed by atoms with Gasteiger partial charge in [-0.2, -0.15) is 0 Å².